The van der Waals surface area contributed by atoms with Crippen LogP contribution in [0, 0.1) is 0 Å². The number of hydrogen-bond donors (Lipinski definition) is 3. The number of benzene rings is 1. The zero-order chi connectivity index (χ0) is 27.3. The summed E-state index contributed by atoms with van der Waals surface area (Å²) in [7, 11) is -3.80. The number of hydrogen-bond acceptors (Lipinski definition) is 10. The molecule has 0 spiro atoms. The third kappa shape index (κ3) is 5.38. The highest BCUT2D eigenvalue weighted by molar-refractivity contribution is 7.91. The van der Waals surface area contributed by atoms with Gasteiger partial charge in [0, 0.05) is 59.3 Å². The molecule has 3 aromatic rings. The first-order valence-electron chi connectivity index (χ1n) is 12.6. The highest BCUT2D eigenvalue weighted by Gasteiger charge is 2.39. The number of halogens is 1. The van der Waals surface area contributed by atoms with Crippen molar-refractivity contribution in [2.45, 2.75) is 55.2 Å². The summed E-state index contributed by atoms with van der Waals surface area (Å²) in [6.45, 7) is 3.31. The lowest BCUT2D eigenvalue weighted by Gasteiger charge is -2.40. The molecular weight excluding hydrogens is 584 g/mol. The van der Waals surface area contributed by atoms with Crippen LogP contribution in [0.5, 0.6) is 0 Å². The maximum absolute atomic E-state index is 13.7. The van der Waals surface area contributed by atoms with Crippen molar-refractivity contribution in [2.75, 3.05) is 19.6 Å². The van der Waals surface area contributed by atoms with Crippen molar-refractivity contribution < 1.29 is 22.8 Å². The first-order chi connectivity index (χ1) is 18.7. The second-order valence-electron chi connectivity index (χ2n) is 9.92. The first-order valence-corrected chi connectivity index (χ1v) is 16.1. The van der Waals surface area contributed by atoms with E-state index in [-0.39, 0.29) is 29.8 Å². The predicted octanol–water partition coefficient (Wildman–Crippen LogP) is 2.91. The molecule has 5 heterocycles. The van der Waals surface area contributed by atoms with E-state index in [4.69, 9.17) is 16.4 Å². The summed E-state index contributed by atoms with van der Waals surface area (Å²) < 4.78 is 29.9. The Hall–Kier alpha value is -2.33. The largest absolute Gasteiger partial charge is 0.427 e. The molecule has 0 saturated carbocycles. The Morgan fingerprint density at radius 3 is 2.87 bits per heavy atom. The lowest BCUT2D eigenvalue weighted by molar-refractivity contribution is 0.0534. The number of piperazine rings is 1. The lowest BCUT2D eigenvalue weighted by atomic mass is 10.1. The summed E-state index contributed by atoms with van der Waals surface area (Å²) in [4.78, 5) is 37.4. The fourth-order valence-electron chi connectivity index (χ4n) is 5.13. The number of nitrogens with one attached hydrogen (secondary N) is 3. The average molecular weight is 611 g/mol. The number of hydroxylamine groups is 1. The minimum absolute atomic E-state index is 0.133. The SMILES string of the molecule is CC1Cc2nc(C(=O)N3CCN(S(=O)(=O)c4cc5ccc(Cl)cc5s4)CC3CCC3NOC(=O)N3)sc2CN1. The molecule has 2 aromatic heterocycles. The molecule has 11 nitrogen and oxygen atoms in total. The van der Waals surface area contributed by atoms with E-state index in [0.717, 1.165) is 27.1 Å². The van der Waals surface area contributed by atoms with Crippen LogP contribution in [-0.2, 0) is 27.8 Å². The van der Waals surface area contributed by atoms with E-state index < -0.39 is 28.3 Å². The second-order valence-corrected chi connectivity index (χ2v) is 14.7. The summed E-state index contributed by atoms with van der Waals surface area (Å²) >= 11 is 8.69. The van der Waals surface area contributed by atoms with Gasteiger partial charge in [-0.2, -0.15) is 4.31 Å². The molecule has 0 bridgehead atoms. The van der Waals surface area contributed by atoms with Gasteiger partial charge in [-0.1, -0.05) is 17.7 Å². The molecule has 0 radical (unpaired) electrons. The molecule has 6 rings (SSSR count). The van der Waals surface area contributed by atoms with E-state index in [1.807, 2.05) is 0 Å². The van der Waals surface area contributed by atoms with Crippen LogP contribution in [0.15, 0.2) is 28.5 Å². The highest BCUT2D eigenvalue weighted by atomic mass is 35.5. The summed E-state index contributed by atoms with van der Waals surface area (Å²) in [5.74, 6) is -0.194. The number of amides is 2. The molecule has 208 valence electrons. The smallest absolute Gasteiger partial charge is 0.352 e. The van der Waals surface area contributed by atoms with E-state index in [1.54, 1.807) is 29.2 Å². The Bertz CT molecular complexity index is 1540. The number of nitrogens with zero attached hydrogens (tertiary/aromatic N) is 3. The Kier molecular flexibility index (Phi) is 7.29. The van der Waals surface area contributed by atoms with E-state index in [0.29, 0.717) is 35.5 Å². The zero-order valence-electron chi connectivity index (χ0n) is 21.0. The Morgan fingerprint density at radius 1 is 1.23 bits per heavy atom. The fraction of sp³-hybridized carbons (Fsp3) is 0.458. The summed E-state index contributed by atoms with van der Waals surface area (Å²) in [6, 6.07) is 6.85. The molecule has 2 fully saturated rings. The Balaban J connectivity index is 1.24. The third-order valence-electron chi connectivity index (χ3n) is 7.21. The monoisotopic (exact) mass is 610 g/mol. The van der Waals surface area contributed by atoms with Gasteiger partial charge >= 0.3 is 6.09 Å². The number of rotatable bonds is 6. The number of sulfonamides is 1. The minimum Gasteiger partial charge on any atom is -0.352 e. The molecule has 3 aliphatic rings. The van der Waals surface area contributed by atoms with Crippen molar-refractivity contribution >= 4 is 66.4 Å². The fourth-order valence-corrected chi connectivity index (χ4v) is 9.43. The van der Waals surface area contributed by atoms with Crippen LogP contribution in [-0.4, -0.2) is 72.5 Å². The molecule has 0 aliphatic carbocycles. The van der Waals surface area contributed by atoms with Gasteiger partial charge in [-0.05, 0) is 43.4 Å². The van der Waals surface area contributed by atoms with Crippen LogP contribution in [0.2, 0.25) is 5.02 Å². The maximum atomic E-state index is 13.7. The summed E-state index contributed by atoms with van der Waals surface area (Å²) in [6.07, 6.45) is 0.674. The van der Waals surface area contributed by atoms with Gasteiger partial charge in [-0.25, -0.2) is 18.2 Å². The van der Waals surface area contributed by atoms with Gasteiger partial charge in [0.1, 0.15) is 10.4 Å². The molecule has 2 amide bonds. The summed E-state index contributed by atoms with van der Waals surface area (Å²) in [5.41, 5.74) is 3.57. The minimum atomic E-state index is -3.80. The molecule has 39 heavy (non-hydrogen) atoms. The normalized spacial score (nSPS) is 24.0. The van der Waals surface area contributed by atoms with Gasteiger partial charge in [0.05, 0.1) is 5.69 Å². The second kappa shape index (κ2) is 10.6. The highest BCUT2D eigenvalue weighted by Crippen LogP contribution is 2.34. The molecule has 3 aliphatic heterocycles. The van der Waals surface area contributed by atoms with Crippen molar-refractivity contribution in [3.05, 3.63) is 44.9 Å². The van der Waals surface area contributed by atoms with Crippen molar-refractivity contribution in [1.82, 2.24) is 30.3 Å². The van der Waals surface area contributed by atoms with Gasteiger partial charge in [0.25, 0.3) is 15.9 Å². The lowest BCUT2D eigenvalue weighted by Crippen LogP contribution is -2.56. The number of carbonyl (C=O) groups is 2. The van der Waals surface area contributed by atoms with Gasteiger partial charge < -0.3 is 20.4 Å². The number of aromatic nitrogens is 1. The van der Waals surface area contributed by atoms with Crippen molar-refractivity contribution in [1.29, 1.82) is 0 Å². The van der Waals surface area contributed by atoms with Crippen molar-refractivity contribution in [3.8, 4) is 0 Å². The quantitative estimate of drug-likeness (QED) is 0.388. The van der Waals surface area contributed by atoms with E-state index in [1.165, 1.54) is 27.0 Å². The van der Waals surface area contributed by atoms with Crippen LogP contribution >= 0.6 is 34.3 Å². The molecule has 15 heteroatoms. The van der Waals surface area contributed by atoms with E-state index in [2.05, 4.69) is 28.0 Å². The number of thiazole rings is 1. The first kappa shape index (κ1) is 26.9. The number of thiophene rings is 1. The topological polar surface area (TPSA) is 133 Å². The van der Waals surface area contributed by atoms with Crippen LogP contribution in [0.25, 0.3) is 10.1 Å². The zero-order valence-corrected chi connectivity index (χ0v) is 24.2. The predicted molar refractivity (Wildman–Crippen MR) is 148 cm³/mol. The van der Waals surface area contributed by atoms with Crippen LogP contribution in [0.4, 0.5) is 4.79 Å². The van der Waals surface area contributed by atoms with Crippen LogP contribution < -0.4 is 16.1 Å². The Morgan fingerprint density at radius 2 is 2.08 bits per heavy atom. The molecule has 2 saturated heterocycles. The van der Waals surface area contributed by atoms with Gasteiger partial charge in [-0.15, -0.1) is 28.2 Å². The maximum Gasteiger partial charge on any atom is 0.427 e. The van der Waals surface area contributed by atoms with Gasteiger partial charge in [-0.3, -0.25) is 4.79 Å². The van der Waals surface area contributed by atoms with Crippen LogP contribution in [0.3, 0.4) is 0 Å². The standard InChI is InChI=1S/C24H27ClN6O5S3/c1-13-8-17-19(11-26-13)38-22(27-17)23(32)31-7-6-30(12-16(31)4-5-20-28-24(33)36-29-20)39(34,35)21-9-14-2-3-15(25)10-18(14)37-21/h2-3,9-10,13,16,20,26,29H,4-8,11-12H2,1H3,(H,28,33). The number of fused-ring (bicyclic) bond motifs is 2. The third-order valence-corrected chi connectivity index (χ3v) is 11.9. The summed E-state index contributed by atoms with van der Waals surface area (Å²) in [5, 5.41) is 7.84. The average Bonchev–Trinajstić information content (AvgIpc) is 3.64. The molecule has 3 N–H and O–H groups in total. The molecule has 1 aromatic carbocycles. The van der Waals surface area contributed by atoms with E-state index in [9.17, 15) is 18.0 Å². The van der Waals surface area contributed by atoms with Crippen molar-refractivity contribution in [2.24, 2.45) is 0 Å². The molecule has 3 atom stereocenters. The van der Waals surface area contributed by atoms with Crippen molar-refractivity contribution in [3.63, 3.8) is 0 Å². The Labute approximate surface area is 238 Å². The van der Waals surface area contributed by atoms with Crippen LogP contribution in [0.1, 0.15) is 40.1 Å². The van der Waals surface area contributed by atoms with Gasteiger partial charge in [0.15, 0.2) is 5.01 Å². The number of carbonyl (C=O) groups excluding carboxylic acids is 2. The van der Waals surface area contributed by atoms with E-state index >= 15 is 0 Å². The molecule has 3 unspecified atom stereocenters. The molecular formula is C24H27ClN6O5S3. The van der Waals surface area contributed by atoms with Gasteiger partial charge in [0.2, 0.25) is 0 Å².